The molecule has 1 aromatic rings. The van der Waals surface area contributed by atoms with Crippen LogP contribution in [0.1, 0.15) is 27.2 Å². The number of nitrogens with one attached hydrogen (secondary N) is 1. The number of nitrogens with zero attached hydrogens (tertiary/aromatic N) is 3. The standard InChI is InChI=1S/C15H24N4O2/c1-15(2,3)18-13(20)10-19-7-4-12(9-19)11-21-14-8-16-5-6-17-14/h5-6,8,12H,4,7,9-11H2,1-3H3,(H,18,20). The molecule has 1 aromatic heterocycles. The summed E-state index contributed by atoms with van der Waals surface area (Å²) in [6.07, 6.45) is 5.90. The first-order valence-corrected chi connectivity index (χ1v) is 7.34. The number of carbonyl (C=O) groups is 1. The number of carbonyl (C=O) groups excluding carboxylic acids is 1. The van der Waals surface area contributed by atoms with Gasteiger partial charge in [-0.1, -0.05) is 0 Å². The van der Waals surface area contributed by atoms with Gasteiger partial charge in [0.2, 0.25) is 11.8 Å². The van der Waals surface area contributed by atoms with Crippen molar-refractivity contribution >= 4 is 5.91 Å². The fourth-order valence-electron chi connectivity index (χ4n) is 2.42. The van der Waals surface area contributed by atoms with Crippen molar-refractivity contribution in [2.24, 2.45) is 5.92 Å². The zero-order chi connectivity index (χ0) is 15.3. The van der Waals surface area contributed by atoms with E-state index in [1.165, 1.54) is 0 Å². The number of amides is 1. The molecular formula is C15H24N4O2. The second-order valence-corrected chi connectivity index (χ2v) is 6.54. The third kappa shape index (κ3) is 5.67. The van der Waals surface area contributed by atoms with E-state index in [1.807, 2.05) is 20.8 Å². The Morgan fingerprint density at radius 2 is 2.29 bits per heavy atom. The Hall–Kier alpha value is -1.69. The molecule has 0 aromatic carbocycles. The summed E-state index contributed by atoms with van der Waals surface area (Å²) in [5.41, 5.74) is -0.175. The van der Waals surface area contributed by atoms with Crippen LogP contribution >= 0.6 is 0 Å². The van der Waals surface area contributed by atoms with Gasteiger partial charge in [0.15, 0.2) is 0 Å². The summed E-state index contributed by atoms with van der Waals surface area (Å²) in [6.45, 7) is 8.88. The molecule has 1 aliphatic heterocycles. The highest BCUT2D eigenvalue weighted by Gasteiger charge is 2.25. The summed E-state index contributed by atoms with van der Waals surface area (Å²) >= 11 is 0. The minimum atomic E-state index is -0.175. The van der Waals surface area contributed by atoms with Crippen molar-refractivity contribution in [3.8, 4) is 5.88 Å². The van der Waals surface area contributed by atoms with E-state index in [1.54, 1.807) is 18.6 Å². The number of aromatic nitrogens is 2. The van der Waals surface area contributed by atoms with E-state index in [2.05, 4.69) is 20.2 Å². The van der Waals surface area contributed by atoms with Crippen LogP contribution in [0.4, 0.5) is 0 Å². The first kappa shape index (κ1) is 15.7. The average molecular weight is 292 g/mol. The molecule has 1 fully saturated rings. The predicted molar refractivity (Wildman–Crippen MR) is 80.0 cm³/mol. The van der Waals surface area contributed by atoms with E-state index in [4.69, 9.17) is 4.74 Å². The van der Waals surface area contributed by atoms with Crippen LogP contribution in [0.2, 0.25) is 0 Å². The lowest BCUT2D eigenvalue weighted by Crippen LogP contribution is -2.45. The molecule has 21 heavy (non-hydrogen) atoms. The van der Waals surface area contributed by atoms with Crippen LogP contribution in [0.3, 0.4) is 0 Å². The van der Waals surface area contributed by atoms with E-state index in [0.717, 1.165) is 19.5 Å². The minimum Gasteiger partial charge on any atom is -0.476 e. The molecule has 1 N–H and O–H groups in total. The minimum absolute atomic E-state index is 0.0815. The highest BCUT2D eigenvalue weighted by Crippen LogP contribution is 2.17. The Balaban J connectivity index is 1.70. The molecule has 1 amide bonds. The van der Waals surface area contributed by atoms with E-state index >= 15 is 0 Å². The maximum absolute atomic E-state index is 11.9. The van der Waals surface area contributed by atoms with Crippen LogP contribution in [-0.4, -0.2) is 52.6 Å². The van der Waals surface area contributed by atoms with Crippen molar-refractivity contribution in [2.45, 2.75) is 32.7 Å². The van der Waals surface area contributed by atoms with Gasteiger partial charge in [-0.05, 0) is 33.7 Å². The third-order valence-electron chi connectivity index (χ3n) is 3.26. The zero-order valence-corrected chi connectivity index (χ0v) is 13.0. The van der Waals surface area contributed by atoms with Gasteiger partial charge in [0.05, 0.1) is 19.3 Å². The number of rotatable bonds is 5. The molecular weight excluding hydrogens is 268 g/mol. The lowest BCUT2D eigenvalue weighted by molar-refractivity contribution is -0.123. The average Bonchev–Trinajstić information content (AvgIpc) is 2.83. The largest absolute Gasteiger partial charge is 0.476 e. The van der Waals surface area contributed by atoms with Crippen LogP contribution in [0.15, 0.2) is 18.6 Å². The van der Waals surface area contributed by atoms with E-state index in [-0.39, 0.29) is 11.4 Å². The maximum Gasteiger partial charge on any atom is 0.234 e. The summed E-state index contributed by atoms with van der Waals surface area (Å²) in [4.78, 5) is 22.1. The summed E-state index contributed by atoms with van der Waals surface area (Å²) < 4.78 is 5.62. The molecule has 2 rings (SSSR count). The summed E-state index contributed by atoms with van der Waals surface area (Å²) in [5, 5.41) is 2.99. The van der Waals surface area contributed by atoms with Crippen molar-refractivity contribution < 1.29 is 9.53 Å². The Bertz CT molecular complexity index is 458. The number of hydrogen-bond acceptors (Lipinski definition) is 5. The molecule has 116 valence electrons. The molecule has 6 nitrogen and oxygen atoms in total. The molecule has 2 heterocycles. The van der Waals surface area contributed by atoms with Gasteiger partial charge in [0.25, 0.3) is 0 Å². The van der Waals surface area contributed by atoms with E-state index in [0.29, 0.717) is 24.9 Å². The smallest absolute Gasteiger partial charge is 0.234 e. The Morgan fingerprint density at radius 3 is 2.95 bits per heavy atom. The summed E-state index contributed by atoms with van der Waals surface area (Å²) in [5.74, 6) is 1.08. The van der Waals surface area contributed by atoms with Gasteiger partial charge in [-0.3, -0.25) is 14.7 Å². The van der Waals surface area contributed by atoms with Gasteiger partial charge in [-0.2, -0.15) is 0 Å². The third-order valence-corrected chi connectivity index (χ3v) is 3.26. The fourth-order valence-corrected chi connectivity index (χ4v) is 2.42. The van der Waals surface area contributed by atoms with Crippen molar-refractivity contribution in [1.29, 1.82) is 0 Å². The van der Waals surface area contributed by atoms with Crippen LogP contribution in [-0.2, 0) is 4.79 Å². The maximum atomic E-state index is 11.9. The van der Waals surface area contributed by atoms with Crippen LogP contribution < -0.4 is 10.1 Å². The van der Waals surface area contributed by atoms with Gasteiger partial charge < -0.3 is 10.1 Å². The number of ether oxygens (including phenoxy) is 1. The predicted octanol–water partition coefficient (Wildman–Crippen LogP) is 1.09. The first-order valence-electron chi connectivity index (χ1n) is 7.34. The van der Waals surface area contributed by atoms with E-state index in [9.17, 15) is 4.79 Å². The van der Waals surface area contributed by atoms with Gasteiger partial charge >= 0.3 is 0 Å². The highest BCUT2D eigenvalue weighted by atomic mass is 16.5. The Kier molecular flexibility index (Phi) is 5.12. The van der Waals surface area contributed by atoms with E-state index < -0.39 is 0 Å². The molecule has 1 unspecified atom stereocenters. The van der Waals surface area contributed by atoms with Gasteiger partial charge in [-0.15, -0.1) is 0 Å². The molecule has 6 heteroatoms. The van der Waals surface area contributed by atoms with Gasteiger partial charge in [0.1, 0.15) is 0 Å². The first-order chi connectivity index (χ1) is 9.92. The summed E-state index contributed by atoms with van der Waals surface area (Å²) in [6, 6.07) is 0. The quantitative estimate of drug-likeness (QED) is 0.880. The number of likely N-dealkylation sites (tertiary alicyclic amines) is 1. The molecule has 0 saturated carbocycles. The SMILES string of the molecule is CC(C)(C)NC(=O)CN1CCC(COc2cnccn2)C1. The second-order valence-electron chi connectivity index (χ2n) is 6.54. The molecule has 0 bridgehead atoms. The van der Waals surface area contributed by atoms with Crippen molar-refractivity contribution in [3.63, 3.8) is 0 Å². The monoisotopic (exact) mass is 292 g/mol. The molecule has 0 radical (unpaired) electrons. The lowest BCUT2D eigenvalue weighted by atomic mass is 10.1. The van der Waals surface area contributed by atoms with Crippen LogP contribution in [0.25, 0.3) is 0 Å². The normalized spacial score (nSPS) is 19.5. The van der Waals surface area contributed by atoms with Crippen molar-refractivity contribution in [2.75, 3.05) is 26.2 Å². The Morgan fingerprint density at radius 1 is 1.48 bits per heavy atom. The van der Waals surface area contributed by atoms with Crippen LogP contribution in [0.5, 0.6) is 5.88 Å². The number of hydrogen-bond donors (Lipinski definition) is 1. The molecule has 0 aliphatic carbocycles. The zero-order valence-electron chi connectivity index (χ0n) is 13.0. The van der Waals surface area contributed by atoms with Crippen molar-refractivity contribution in [3.05, 3.63) is 18.6 Å². The molecule has 0 spiro atoms. The van der Waals surface area contributed by atoms with Gasteiger partial charge in [0, 0.05) is 30.4 Å². The molecule has 1 atom stereocenters. The van der Waals surface area contributed by atoms with Crippen LogP contribution in [0, 0.1) is 5.92 Å². The topological polar surface area (TPSA) is 67.4 Å². The van der Waals surface area contributed by atoms with Gasteiger partial charge in [-0.25, -0.2) is 4.98 Å². The highest BCUT2D eigenvalue weighted by molar-refractivity contribution is 5.78. The van der Waals surface area contributed by atoms with Crippen molar-refractivity contribution in [1.82, 2.24) is 20.2 Å². The summed E-state index contributed by atoms with van der Waals surface area (Å²) in [7, 11) is 0. The second kappa shape index (κ2) is 6.85. The molecule has 1 aliphatic rings. The Labute approximate surface area is 125 Å². The molecule has 1 saturated heterocycles. The fraction of sp³-hybridized carbons (Fsp3) is 0.667. The lowest BCUT2D eigenvalue weighted by Gasteiger charge is -2.23.